The second kappa shape index (κ2) is 5.07. The van der Waals surface area contributed by atoms with Gasteiger partial charge in [-0.05, 0) is 56.7 Å². The van der Waals surface area contributed by atoms with Crippen LogP contribution in [0.4, 0.5) is 0 Å². The summed E-state index contributed by atoms with van der Waals surface area (Å²) < 4.78 is 2.27. The lowest BCUT2D eigenvalue weighted by atomic mass is 9.57. The molecule has 5 nitrogen and oxygen atoms in total. The van der Waals surface area contributed by atoms with Crippen LogP contribution in [0.3, 0.4) is 0 Å². The van der Waals surface area contributed by atoms with Crippen molar-refractivity contribution in [2.24, 2.45) is 17.3 Å². The lowest BCUT2D eigenvalue weighted by Crippen LogP contribution is -2.66. The molecule has 5 rings (SSSR count). The van der Waals surface area contributed by atoms with E-state index in [-0.39, 0.29) is 11.8 Å². The Bertz CT molecular complexity index is 818. The van der Waals surface area contributed by atoms with E-state index in [9.17, 15) is 9.90 Å². The average molecular weight is 339 g/mol. The average Bonchev–Trinajstić information content (AvgIpc) is 2.88. The first-order valence-corrected chi connectivity index (χ1v) is 9.34. The van der Waals surface area contributed by atoms with E-state index in [4.69, 9.17) is 0 Å². The monoisotopic (exact) mass is 339 g/mol. The summed E-state index contributed by atoms with van der Waals surface area (Å²) in [4.78, 5) is 18.9. The van der Waals surface area contributed by atoms with Gasteiger partial charge >= 0.3 is 0 Å². The maximum absolute atomic E-state index is 12.4. The highest BCUT2D eigenvalue weighted by Gasteiger charge is 2.55. The van der Waals surface area contributed by atoms with Crippen LogP contribution in [-0.4, -0.2) is 44.2 Å². The van der Waals surface area contributed by atoms with Gasteiger partial charge in [-0.1, -0.05) is 0 Å². The van der Waals surface area contributed by atoms with Crippen molar-refractivity contribution in [2.45, 2.75) is 44.8 Å². The van der Waals surface area contributed by atoms with Gasteiger partial charge in [-0.25, -0.2) is 4.98 Å². The number of pyridine rings is 1. The normalized spacial score (nSPS) is 30.8. The molecule has 3 heterocycles. The zero-order valence-corrected chi connectivity index (χ0v) is 14.7. The second-order valence-corrected chi connectivity index (χ2v) is 8.96. The first-order valence-electron chi connectivity index (χ1n) is 9.34. The van der Waals surface area contributed by atoms with E-state index in [1.807, 2.05) is 24.1 Å². The molecule has 0 aromatic carbocycles. The molecular weight excluding hydrogens is 314 g/mol. The van der Waals surface area contributed by atoms with Crippen molar-refractivity contribution >= 4 is 16.9 Å². The van der Waals surface area contributed by atoms with Crippen LogP contribution in [0.2, 0.25) is 0 Å². The smallest absolute Gasteiger partial charge is 0.225 e. The highest BCUT2D eigenvalue weighted by molar-refractivity contribution is 5.81. The van der Waals surface area contributed by atoms with Crippen molar-refractivity contribution < 1.29 is 9.90 Å². The summed E-state index contributed by atoms with van der Waals surface area (Å²) in [5.74, 6) is 1.01. The third-order valence-corrected chi connectivity index (χ3v) is 6.51. The zero-order chi connectivity index (χ0) is 17.2. The SMILES string of the molecule is C[C@]1(O)C[C@@H](C(=O)N2CC3(CC(Cn4ccc5cccnc54)C3)C2)C1. The van der Waals surface area contributed by atoms with Gasteiger partial charge in [0, 0.05) is 48.7 Å². The molecule has 0 unspecified atom stereocenters. The first-order chi connectivity index (χ1) is 11.9. The number of hydrogen-bond donors (Lipinski definition) is 1. The molecular formula is C20H25N3O2. The number of nitrogens with zero attached hydrogens (tertiary/aromatic N) is 3. The largest absolute Gasteiger partial charge is 0.390 e. The molecule has 1 spiro atoms. The van der Waals surface area contributed by atoms with E-state index in [0.717, 1.165) is 25.3 Å². The van der Waals surface area contributed by atoms with Gasteiger partial charge in [-0.3, -0.25) is 4.79 Å². The van der Waals surface area contributed by atoms with Crippen LogP contribution in [0.25, 0.3) is 11.0 Å². The quantitative estimate of drug-likeness (QED) is 0.934. The van der Waals surface area contributed by atoms with Crippen molar-refractivity contribution in [3.8, 4) is 0 Å². The molecule has 0 radical (unpaired) electrons. The zero-order valence-electron chi connectivity index (χ0n) is 14.7. The Labute approximate surface area is 147 Å². The van der Waals surface area contributed by atoms with Gasteiger partial charge in [0.1, 0.15) is 5.65 Å². The molecule has 0 bridgehead atoms. The van der Waals surface area contributed by atoms with Gasteiger partial charge in [-0.2, -0.15) is 0 Å². The van der Waals surface area contributed by atoms with Crippen molar-refractivity contribution in [2.75, 3.05) is 13.1 Å². The van der Waals surface area contributed by atoms with Crippen molar-refractivity contribution in [3.63, 3.8) is 0 Å². The Morgan fingerprint density at radius 2 is 2.04 bits per heavy atom. The maximum Gasteiger partial charge on any atom is 0.225 e. The van der Waals surface area contributed by atoms with Gasteiger partial charge in [0.25, 0.3) is 0 Å². The summed E-state index contributed by atoms with van der Waals surface area (Å²) in [6.45, 7) is 4.70. The lowest BCUT2D eigenvalue weighted by Gasteiger charge is -2.60. The molecule has 1 N–H and O–H groups in total. The minimum atomic E-state index is -0.613. The van der Waals surface area contributed by atoms with Crippen LogP contribution in [-0.2, 0) is 11.3 Å². The van der Waals surface area contributed by atoms with Crippen molar-refractivity contribution in [1.29, 1.82) is 0 Å². The van der Waals surface area contributed by atoms with Crippen molar-refractivity contribution in [1.82, 2.24) is 14.5 Å². The molecule has 1 saturated heterocycles. The number of hydrogen-bond acceptors (Lipinski definition) is 3. The molecule has 3 aliphatic rings. The number of aliphatic hydroxyl groups is 1. The molecule has 132 valence electrons. The van der Waals surface area contributed by atoms with Crippen LogP contribution in [0.5, 0.6) is 0 Å². The molecule has 2 aromatic rings. The van der Waals surface area contributed by atoms with Gasteiger partial charge in [0.15, 0.2) is 0 Å². The molecule has 2 aromatic heterocycles. The molecule has 1 aliphatic heterocycles. The standard InChI is InChI=1S/C20H25N3O2/c1-19(25)9-16(10-19)18(24)23-12-20(13-23)7-14(8-20)11-22-6-4-15-3-2-5-21-17(15)22/h2-6,14,16,25H,7-13H2,1H3/t16-,19+. The lowest BCUT2D eigenvalue weighted by molar-refractivity contribution is -0.171. The van der Waals surface area contributed by atoms with Crippen LogP contribution < -0.4 is 0 Å². The van der Waals surface area contributed by atoms with Crippen LogP contribution in [0, 0.1) is 17.3 Å². The Morgan fingerprint density at radius 3 is 2.76 bits per heavy atom. The summed E-state index contributed by atoms with van der Waals surface area (Å²) in [6.07, 6.45) is 7.69. The highest BCUT2D eigenvalue weighted by atomic mass is 16.3. The Hall–Kier alpha value is -1.88. The number of carbonyl (C=O) groups excluding carboxylic acids is 1. The summed E-state index contributed by atoms with van der Waals surface area (Å²) in [5.41, 5.74) is 0.840. The van der Waals surface area contributed by atoms with E-state index in [0.29, 0.717) is 24.2 Å². The minimum Gasteiger partial charge on any atom is -0.390 e. The third-order valence-electron chi connectivity index (χ3n) is 6.51. The number of amides is 1. The fraction of sp³-hybridized carbons (Fsp3) is 0.600. The predicted octanol–water partition coefficient (Wildman–Crippen LogP) is 2.44. The van der Waals surface area contributed by atoms with E-state index < -0.39 is 5.60 Å². The summed E-state index contributed by atoms with van der Waals surface area (Å²) >= 11 is 0. The number of carbonyl (C=O) groups is 1. The molecule has 5 heteroatoms. The van der Waals surface area contributed by atoms with E-state index >= 15 is 0 Å². The van der Waals surface area contributed by atoms with Gasteiger partial charge in [-0.15, -0.1) is 0 Å². The Morgan fingerprint density at radius 1 is 1.28 bits per heavy atom. The van der Waals surface area contributed by atoms with Gasteiger partial charge < -0.3 is 14.6 Å². The fourth-order valence-electron chi connectivity index (χ4n) is 5.35. The number of rotatable bonds is 3. The van der Waals surface area contributed by atoms with E-state index in [2.05, 4.69) is 27.9 Å². The van der Waals surface area contributed by atoms with Crippen LogP contribution >= 0.6 is 0 Å². The summed E-state index contributed by atoms with van der Waals surface area (Å²) in [7, 11) is 0. The molecule has 25 heavy (non-hydrogen) atoms. The van der Waals surface area contributed by atoms with Crippen molar-refractivity contribution in [3.05, 3.63) is 30.6 Å². The highest BCUT2D eigenvalue weighted by Crippen LogP contribution is 2.53. The topological polar surface area (TPSA) is 58.4 Å². The molecule has 2 saturated carbocycles. The molecule has 2 aliphatic carbocycles. The number of fused-ring (bicyclic) bond motifs is 1. The molecule has 1 amide bonds. The van der Waals surface area contributed by atoms with Crippen LogP contribution in [0.15, 0.2) is 30.6 Å². The first kappa shape index (κ1) is 15.4. The maximum atomic E-state index is 12.4. The third kappa shape index (κ3) is 2.48. The van der Waals surface area contributed by atoms with Gasteiger partial charge in [0.05, 0.1) is 5.60 Å². The number of likely N-dealkylation sites (tertiary alicyclic amines) is 1. The molecule has 3 fully saturated rings. The van der Waals surface area contributed by atoms with E-state index in [1.54, 1.807) is 0 Å². The predicted molar refractivity (Wildman–Crippen MR) is 94.8 cm³/mol. The van der Waals surface area contributed by atoms with E-state index in [1.165, 1.54) is 18.2 Å². The Kier molecular flexibility index (Phi) is 3.12. The fourth-order valence-corrected chi connectivity index (χ4v) is 5.35. The minimum absolute atomic E-state index is 0.0561. The summed E-state index contributed by atoms with van der Waals surface area (Å²) in [6, 6.07) is 6.22. The van der Waals surface area contributed by atoms with Crippen LogP contribution in [0.1, 0.15) is 32.6 Å². The number of aromatic nitrogens is 2. The Balaban J connectivity index is 1.14. The van der Waals surface area contributed by atoms with Gasteiger partial charge in [0.2, 0.25) is 5.91 Å². The summed E-state index contributed by atoms with van der Waals surface area (Å²) in [5, 5.41) is 11.0. The molecule has 0 atom stereocenters. The second-order valence-electron chi connectivity index (χ2n) is 8.96.